The number of anilines is 1. The van der Waals surface area contributed by atoms with Crippen molar-refractivity contribution in [3.8, 4) is 11.6 Å². The molecule has 1 atom stereocenters. The number of benzene rings is 1. The number of nitrogens with one attached hydrogen (secondary N) is 2. The molecule has 38 heavy (non-hydrogen) atoms. The molecule has 2 N–H and O–H groups in total. The van der Waals surface area contributed by atoms with E-state index in [4.69, 9.17) is 14.5 Å². The van der Waals surface area contributed by atoms with E-state index < -0.39 is 0 Å². The summed E-state index contributed by atoms with van der Waals surface area (Å²) in [4.78, 5) is 39.0. The molecule has 0 saturated carbocycles. The summed E-state index contributed by atoms with van der Waals surface area (Å²) in [7, 11) is 0. The number of aryl methyl sites for hydroxylation is 1. The van der Waals surface area contributed by atoms with Crippen molar-refractivity contribution in [2.24, 2.45) is 0 Å². The van der Waals surface area contributed by atoms with Crippen LogP contribution in [-0.2, 0) is 4.74 Å². The number of H-pyrrole nitrogens is 2. The number of fused-ring (bicyclic) bond motifs is 2. The molecular formula is C27H28N8O3. The number of hydrogen-bond acceptors (Lipinski definition) is 8. The van der Waals surface area contributed by atoms with E-state index in [-0.39, 0.29) is 17.8 Å². The van der Waals surface area contributed by atoms with E-state index >= 15 is 0 Å². The van der Waals surface area contributed by atoms with Gasteiger partial charge in [0.15, 0.2) is 5.65 Å². The Balaban J connectivity index is 1.07. The SMILES string of the molecule is Cc1cc(Oc2cc(N3CCC(n4c(=O)[nH]c5ncccc54)CC3)ncn2)cc2[nH]c(C3CCCO3)nc12. The molecule has 5 aromatic rings. The molecule has 4 aromatic heterocycles. The minimum atomic E-state index is -0.109. The van der Waals surface area contributed by atoms with E-state index in [1.807, 2.05) is 41.8 Å². The van der Waals surface area contributed by atoms with Gasteiger partial charge in [0.1, 0.15) is 29.8 Å². The number of aromatic nitrogens is 7. The van der Waals surface area contributed by atoms with Crippen LogP contribution in [0, 0.1) is 6.92 Å². The van der Waals surface area contributed by atoms with Crippen LogP contribution >= 0.6 is 0 Å². The summed E-state index contributed by atoms with van der Waals surface area (Å²) < 4.78 is 13.8. The van der Waals surface area contributed by atoms with Crippen molar-refractivity contribution >= 4 is 28.0 Å². The van der Waals surface area contributed by atoms with Crippen LogP contribution in [0.3, 0.4) is 0 Å². The van der Waals surface area contributed by atoms with E-state index in [0.717, 1.165) is 79.1 Å². The maximum atomic E-state index is 12.6. The molecule has 0 radical (unpaired) electrons. The Labute approximate surface area is 217 Å². The van der Waals surface area contributed by atoms with Gasteiger partial charge in [-0.3, -0.25) is 9.55 Å². The second kappa shape index (κ2) is 9.25. The summed E-state index contributed by atoms with van der Waals surface area (Å²) in [5.41, 5.74) is 4.24. The number of hydrogen-bond donors (Lipinski definition) is 2. The fourth-order valence-electron chi connectivity index (χ4n) is 5.63. The van der Waals surface area contributed by atoms with Crippen LogP contribution in [0.5, 0.6) is 11.6 Å². The number of piperidine rings is 1. The Morgan fingerprint density at radius 3 is 2.82 bits per heavy atom. The van der Waals surface area contributed by atoms with E-state index in [0.29, 0.717) is 17.3 Å². The van der Waals surface area contributed by atoms with Crippen LogP contribution in [0.2, 0.25) is 0 Å². The lowest BCUT2D eigenvalue weighted by Gasteiger charge is -2.33. The first-order valence-electron chi connectivity index (χ1n) is 13.0. The van der Waals surface area contributed by atoms with E-state index in [2.05, 4.69) is 29.8 Å². The Morgan fingerprint density at radius 1 is 1.08 bits per heavy atom. The largest absolute Gasteiger partial charge is 0.439 e. The fourth-order valence-corrected chi connectivity index (χ4v) is 5.63. The molecule has 7 rings (SSSR count). The summed E-state index contributed by atoms with van der Waals surface area (Å²) in [5.74, 6) is 2.85. The van der Waals surface area contributed by atoms with Gasteiger partial charge < -0.3 is 19.4 Å². The predicted molar refractivity (Wildman–Crippen MR) is 142 cm³/mol. The van der Waals surface area contributed by atoms with Crippen LogP contribution in [-0.4, -0.2) is 54.2 Å². The number of ether oxygens (including phenoxy) is 2. The van der Waals surface area contributed by atoms with Gasteiger partial charge >= 0.3 is 5.69 Å². The normalized spacial score (nSPS) is 18.6. The lowest BCUT2D eigenvalue weighted by Crippen LogP contribution is -2.37. The molecule has 6 heterocycles. The summed E-state index contributed by atoms with van der Waals surface area (Å²) in [6.07, 6.45) is 6.95. The maximum Gasteiger partial charge on any atom is 0.327 e. The van der Waals surface area contributed by atoms with Crippen LogP contribution in [0.1, 0.15) is 49.2 Å². The van der Waals surface area contributed by atoms with Gasteiger partial charge in [-0.2, -0.15) is 0 Å². The second-order valence-corrected chi connectivity index (χ2v) is 9.97. The quantitative estimate of drug-likeness (QED) is 0.359. The predicted octanol–water partition coefficient (Wildman–Crippen LogP) is 4.18. The Hall–Kier alpha value is -4.25. The van der Waals surface area contributed by atoms with E-state index in [1.165, 1.54) is 6.33 Å². The number of aromatic amines is 2. The van der Waals surface area contributed by atoms with Crippen molar-refractivity contribution < 1.29 is 9.47 Å². The Morgan fingerprint density at radius 2 is 1.97 bits per heavy atom. The molecule has 2 aliphatic rings. The lowest BCUT2D eigenvalue weighted by atomic mass is 10.0. The number of imidazole rings is 2. The fraction of sp³-hybridized carbons (Fsp3) is 0.370. The Kier molecular flexibility index (Phi) is 5.58. The van der Waals surface area contributed by atoms with Crippen molar-refractivity contribution in [2.75, 3.05) is 24.6 Å². The minimum absolute atomic E-state index is 0.0333. The molecule has 2 fully saturated rings. The topological polar surface area (TPSA) is 127 Å². The minimum Gasteiger partial charge on any atom is -0.439 e. The van der Waals surface area contributed by atoms with Crippen molar-refractivity contribution in [3.63, 3.8) is 0 Å². The van der Waals surface area contributed by atoms with Crippen molar-refractivity contribution in [2.45, 2.75) is 44.8 Å². The standard InChI is InChI=1S/C27H28N8O3/c1-16-12-18(13-19-24(16)32-26(31-19)21-5-3-11-37-21)38-23-14-22(29-15-30-23)34-9-6-17(7-10-34)35-20-4-2-8-28-25(20)33-27(35)36/h2,4,8,12-15,17,21H,3,5-7,9-11H2,1H3,(H,31,32)(H,28,33,36). The number of nitrogens with zero attached hydrogens (tertiary/aromatic N) is 6. The summed E-state index contributed by atoms with van der Waals surface area (Å²) in [6.45, 7) is 4.35. The van der Waals surface area contributed by atoms with Gasteiger partial charge in [0, 0.05) is 44.1 Å². The van der Waals surface area contributed by atoms with Gasteiger partial charge in [0.2, 0.25) is 5.88 Å². The van der Waals surface area contributed by atoms with Crippen molar-refractivity contribution in [3.05, 3.63) is 64.7 Å². The monoisotopic (exact) mass is 512 g/mol. The summed E-state index contributed by atoms with van der Waals surface area (Å²) >= 11 is 0. The van der Waals surface area contributed by atoms with Gasteiger partial charge in [-0.05, 0) is 56.4 Å². The molecule has 194 valence electrons. The van der Waals surface area contributed by atoms with Crippen LogP contribution < -0.4 is 15.3 Å². The zero-order valence-electron chi connectivity index (χ0n) is 21.1. The summed E-state index contributed by atoms with van der Waals surface area (Å²) in [6, 6.07) is 9.70. The van der Waals surface area contributed by atoms with Crippen LogP contribution in [0.25, 0.3) is 22.2 Å². The van der Waals surface area contributed by atoms with Gasteiger partial charge in [0.05, 0.1) is 16.6 Å². The average molecular weight is 513 g/mol. The first-order chi connectivity index (χ1) is 18.6. The van der Waals surface area contributed by atoms with Crippen molar-refractivity contribution in [1.29, 1.82) is 0 Å². The summed E-state index contributed by atoms with van der Waals surface area (Å²) in [5, 5.41) is 0. The molecule has 11 heteroatoms. The van der Waals surface area contributed by atoms with Gasteiger partial charge in [-0.15, -0.1) is 0 Å². The Bertz CT molecular complexity index is 1680. The highest BCUT2D eigenvalue weighted by molar-refractivity contribution is 5.80. The zero-order valence-corrected chi connectivity index (χ0v) is 21.1. The third-order valence-corrected chi connectivity index (χ3v) is 7.50. The molecule has 0 spiro atoms. The van der Waals surface area contributed by atoms with E-state index in [1.54, 1.807) is 6.20 Å². The highest BCUT2D eigenvalue weighted by Crippen LogP contribution is 2.33. The second-order valence-electron chi connectivity index (χ2n) is 9.97. The highest BCUT2D eigenvalue weighted by atomic mass is 16.5. The highest BCUT2D eigenvalue weighted by Gasteiger charge is 2.25. The molecular weight excluding hydrogens is 484 g/mol. The number of pyridine rings is 1. The molecule has 2 saturated heterocycles. The first kappa shape index (κ1) is 22.9. The molecule has 0 bridgehead atoms. The average Bonchev–Trinajstić information content (AvgIpc) is 3.67. The number of rotatable bonds is 5. The molecule has 0 amide bonds. The smallest absolute Gasteiger partial charge is 0.327 e. The van der Waals surface area contributed by atoms with Gasteiger partial charge in [-0.25, -0.2) is 24.7 Å². The van der Waals surface area contributed by atoms with Gasteiger partial charge in [0.25, 0.3) is 0 Å². The third-order valence-electron chi connectivity index (χ3n) is 7.50. The maximum absolute atomic E-state index is 12.6. The van der Waals surface area contributed by atoms with E-state index in [9.17, 15) is 4.79 Å². The van der Waals surface area contributed by atoms with Crippen LogP contribution in [0.4, 0.5) is 5.82 Å². The van der Waals surface area contributed by atoms with Crippen molar-refractivity contribution in [1.82, 2.24) is 34.5 Å². The molecule has 1 aromatic carbocycles. The first-order valence-corrected chi connectivity index (χ1v) is 13.0. The zero-order chi connectivity index (χ0) is 25.6. The molecule has 0 aliphatic carbocycles. The molecule has 1 unspecified atom stereocenters. The lowest BCUT2D eigenvalue weighted by molar-refractivity contribution is 0.106. The molecule has 11 nitrogen and oxygen atoms in total. The van der Waals surface area contributed by atoms with Crippen LogP contribution in [0.15, 0.2) is 47.7 Å². The molecule has 2 aliphatic heterocycles. The third kappa shape index (κ3) is 4.08. The van der Waals surface area contributed by atoms with Gasteiger partial charge in [-0.1, -0.05) is 0 Å².